The van der Waals surface area contributed by atoms with E-state index in [1.54, 1.807) is 0 Å². The van der Waals surface area contributed by atoms with Crippen molar-refractivity contribution in [1.82, 2.24) is 4.57 Å². The second-order valence-corrected chi connectivity index (χ2v) is 7.84. The first-order valence-electron chi connectivity index (χ1n) is 9.99. The van der Waals surface area contributed by atoms with Gasteiger partial charge in [-0.1, -0.05) is 48.0 Å². The van der Waals surface area contributed by atoms with Crippen LogP contribution in [0.4, 0.5) is 0 Å². The van der Waals surface area contributed by atoms with E-state index in [2.05, 4.69) is 29.7 Å². The first kappa shape index (κ1) is 19.3. The fourth-order valence-electron chi connectivity index (χ4n) is 4.03. The quantitative estimate of drug-likeness (QED) is 0.352. The number of benzene rings is 3. The van der Waals surface area contributed by atoms with Crippen LogP contribution in [0.5, 0.6) is 11.5 Å². The molecule has 5 heteroatoms. The zero-order valence-electron chi connectivity index (χ0n) is 16.9. The highest BCUT2D eigenvalue weighted by Crippen LogP contribution is 2.36. The lowest BCUT2D eigenvalue weighted by molar-refractivity contribution is 0.174. The van der Waals surface area contributed by atoms with E-state index < -0.39 is 0 Å². The highest BCUT2D eigenvalue weighted by atomic mass is 35.5. The second kappa shape index (κ2) is 7.86. The van der Waals surface area contributed by atoms with E-state index in [0.29, 0.717) is 23.6 Å². The predicted octanol–water partition coefficient (Wildman–Crippen LogP) is 6.44. The molecule has 0 saturated carbocycles. The Bertz CT molecular complexity index is 1380. The molecule has 1 aliphatic rings. The molecule has 0 spiro atoms. The molecule has 1 aromatic heterocycles. The Labute approximate surface area is 185 Å². The minimum atomic E-state index is 0.207. The second-order valence-electron chi connectivity index (χ2n) is 7.43. The van der Waals surface area contributed by atoms with Crippen molar-refractivity contribution in [2.45, 2.75) is 13.5 Å². The summed E-state index contributed by atoms with van der Waals surface area (Å²) >= 11 is 6.43. The molecule has 3 aromatic carbocycles. The molecule has 1 aliphatic heterocycles. The van der Waals surface area contributed by atoms with Gasteiger partial charge in [-0.3, -0.25) is 0 Å². The normalized spacial score (nSPS) is 12.9. The maximum absolute atomic E-state index is 9.92. The Morgan fingerprint density at radius 2 is 1.84 bits per heavy atom. The number of rotatable bonds is 4. The highest BCUT2D eigenvalue weighted by molar-refractivity contribution is 6.31. The molecule has 0 saturated heterocycles. The molecule has 4 aromatic rings. The van der Waals surface area contributed by atoms with Gasteiger partial charge in [0.05, 0.1) is 11.6 Å². The van der Waals surface area contributed by atoms with Gasteiger partial charge in [-0.2, -0.15) is 5.26 Å². The minimum Gasteiger partial charge on any atom is -0.454 e. The van der Waals surface area contributed by atoms with Gasteiger partial charge in [0.15, 0.2) is 11.5 Å². The summed E-state index contributed by atoms with van der Waals surface area (Å²) in [6.07, 6.45) is 1.96. The zero-order chi connectivity index (χ0) is 21.4. The number of allylic oxidation sites excluding steroid dienone is 1. The van der Waals surface area contributed by atoms with Crippen LogP contribution in [-0.4, -0.2) is 11.4 Å². The summed E-state index contributed by atoms with van der Waals surface area (Å²) < 4.78 is 13.1. The largest absolute Gasteiger partial charge is 0.454 e. The molecule has 0 fully saturated rings. The Morgan fingerprint density at radius 3 is 2.68 bits per heavy atom. The number of aromatic nitrogens is 1. The Morgan fingerprint density at radius 1 is 1.06 bits per heavy atom. The highest BCUT2D eigenvalue weighted by Gasteiger charge is 2.17. The average Bonchev–Trinajstić information content (AvgIpc) is 3.36. The van der Waals surface area contributed by atoms with Crippen LogP contribution in [0.1, 0.15) is 22.4 Å². The molecule has 0 amide bonds. The number of para-hydroxylation sites is 1. The Balaban J connectivity index is 1.64. The van der Waals surface area contributed by atoms with E-state index >= 15 is 0 Å². The van der Waals surface area contributed by atoms with Crippen molar-refractivity contribution >= 4 is 34.2 Å². The van der Waals surface area contributed by atoms with E-state index in [4.69, 9.17) is 21.1 Å². The molecular formula is C26H19ClN2O2. The lowest BCUT2D eigenvalue weighted by atomic mass is 10.0. The Kier molecular flexibility index (Phi) is 4.89. The van der Waals surface area contributed by atoms with Crippen LogP contribution in [0.3, 0.4) is 0 Å². The van der Waals surface area contributed by atoms with Crippen molar-refractivity contribution in [3.63, 3.8) is 0 Å². The van der Waals surface area contributed by atoms with Crippen LogP contribution in [0.15, 0.2) is 66.7 Å². The number of halogens is 1. The standard InChI is InChI=1S/C26H19ClN2O2/c1-17-22(12-20(14-28)18-10-11-25-26(13-18)31-16-30-25)21-7-3-5-9-24(21)29(17)15-19-6-2-4-8-23(19)27/h2-13H,15-16H2,1H3/b20-12+. The van der Waals surface area contributed by atoms with Crippen LogP contribution < -0.4 is 9.47 Å². The first-order valence-corrected chi connectivity index (χ1v) is 10.4. The third-order valence-corrected chi connectivity index (χ3v) is 6.03. The van der Waals surface area contributed by atoms with E-state index in [1.165, 1.54) is 0 Å². The van der Waals surface area contributed by atoms with Crippen molar-refractivity contribution < 1.29 is 9.47 Å². The summed E-state index contributed by atoms with van der Waals surface area (Å²) in [5.74, 6) is 1.37. The lowest BCUT2D eigenvalue weighted by Crippen LogP contribution is -2.02. The van der Waals surface area contributed by atoms with Gasteiger partial charge in [0, 0.05) is 33.7 Å². The van der Waals surface area contributed by atoms with Crippen LogP contribution in [0.2, 0.25) is 5.02 Å². The monoisotopic (exact) mass is 426 g/mol. The van der Waals surface area contributed by atoms with Gasteiger partial charge in [0.2, 0.25) is 6.79 Å². The fourth-order valence-corrected chi connectivity index (χ4v) is 4.22. The molecular weight excluding hydrogens is 408 g/mol. The molecule has 31 heavy (non-hydrogen) atoms. The molecule has 0 bridgehead atoms. The van der Waals surface area contributed by atoms with Gasteiger partial charge in [-0.15, -0.1) is 0 Å². The maximum Gasteiger partial charge on any atom is 0.231 e. The summed E-state index contributed by atoms with van der Waals surface area (Å²) in [6.45, 7) is 2.95. The first-order chi connectivity index (χ1) is 15.2. The molecule has 4 nitrogen and oxygen atoms in total. The van der Waals surface area contributed by atoms with Gasteiger partial charge < -0.3 is 14.0 Å². The van der Waals surface area contributed by atoms with Crippen LogP contribution in [-0.2, 0) is 6.54 Å². The topological polar surface area (TPSA) is 47.2 Å². The van der Waals surface area contributed by atoms with Crippen molar-refractivity contribution in [1.29, 1.82) is 5.26 Å². The summed E-state index contributed by atoms with van der Waals surface area (Å²) in [7, 11) is 0. The summed E-state index contributed by atoms with van der Waals surface area (Å²) in [4.78, 5) is 0. The van der Waals surface area contributed by atoms with Gasteiger partial charge in [-0.25, -0.2) is 0 Å². The van der Waals surface area contributed by atoms with Gasteiger partial charge >= 0.3 is 0 Å². The zero-order valence-corrected chi connectivity index (χ0v) is 17.7. The fraction of sp³-hybridized carbons (Fsp3) is 0.115. The van der Waals surface area contributed by atoms with Crippen LogP contribution in [0, 0.1) is 18.3 Å². The molecule has 0 unspecified atom stereocenters. The smallest absolute Gasteiger partial charge is 0.231 e. The molecule has 0 atom stereocenters. The average molecular weight is 427 g/mol. The van der Waals surface area contributed by atoms with Gasteiger partial charge in [0.25, 0.3) is 0 Å². The van der Waals surface area contributed by atoms with Crippen LogP contribution >= 0.6 is 11.6 Å². The van der Waals surface area contributed by atoms with Crippen LogP contribution in [0.25, 0.3) is 22.6 Å². The lowest BCUT2D eigenvalue weighted by Gasteiger charge is -2.10. The molecule has 0 radical (unpaired) electrons. The predicted molar refractivity (Wildman–Crippen MR) is 123 cm³/mol. The molecule has 2 heterocycles. The molecule has 5 rings (SSSR count). The number of ether oxygens (including phenoxy) is 2. The number of hydrogen-bond acceptors (Lipinski definition) is 3. The van der Waals surface area contributed by atoms with Crippen molar-refractivity contribution in [2.75, 3.05) is 6.79 Å². The molecule has 152 valence electrons. The van der Waals surface area contributed by atoms with Gasteiger partial charge in [0.1, 0.15) is 0 Å². The van der Waals surface area contributed by atoms with E-state index in [9.17, 15) is 5.26 Å². The minimum absolute atomic E-state index is 0.207. The third kappa shape index (κ3) is 3.43. The Hall–Kier alpha value is -3.68. The number of hydrogen-bond donors (Lipinski definition) is 0. The summed E-state index contributed by atoms with van der Waals surface area (Å²) in [6, 6.07) is 24.1. The summed E-state index contributed by atoms with van der Waals surface area (Å²) in [5.41, 5.74) is 5.64. The van der Waals surface area contributed by atoms with Gasteiger partial charge in [-0.05, 0) is 54.5 Å². The van der Waals surface area contributed by atoms with Crippen molar-refractivity contribution in [3.8, 4) is 17.6 Å². The van der Waals surface area contributed by atoms with Crippen molar-refractivity contribution in [3.05, 3.63) is 94.1 Å². The maximum atomic E-state index is 9.92. The van der Waals surface area contributed by atoms with E-state index in [-0.39, 0.29) is 6.79 Å². The number of nitriles is 1. The number of nitrogens with zero attached hydrogens (tertiary/aromatic N) is 2. The van der Waals surface area contributed by atoms with Crippen molar-refractivity contribution in [2.24, 2.45) is 0 Å². The van der Waals surface area contributed by atoms with E-state index in [1.807, 2.05) is 60.7 Å². The SMILES string of the molecule is Cc1c(/C=C(\C#N)c2ccc3c(c2)OCO3)c2ccccc2n1Cc1ccccc1Cl. The summed E-state index contributed by atoms with van der Waals surface area (Å²) in [5, 5.41) is 11.8. The molecule has 0 N–H and O–H groups in total. The molecule has 0 aliphatic carbocycles. The third-order valence-electron chi connectivity index (χ3n) is 5.66. The number of fused-ring (bicyclic) bond motifs is 2. The van der Waals surface area contributed by atoms with E-state index in [0.717, 1.165) is 38.3 Å².